The van der Waals surface area contributed by atoms with Crippen LogP contribution in [0.2, 0.25) is 0 Å². The summed E-state index contributed by atoms with van der Waals surface area (Å²) in [5.74, 6) is -0.896. The van der Waals surface area contributed by atoms with Crippen molar-refractivity contribution in [3.63, 3.8) is 0 Å². The summed E-state index contributed by atoms with van der Waals surface area (Å²) >= 11 is 0. The molecule has 1 aliphatic heterocycles. The molecular formula is C12H19NO8. The highest BCUT2D eigenvalue weighted by Crippen LogP contribution is 2.32. The lowest BCUT2D eigenvalue weighted by molar-refractivity contribution is -0.317. The molecule has 0 spiro atoms. The van der Waals surface area contributed by atoms with Crippen LogP contribution in [0.5, 0.6) is 0 Å². The SMILES string of the molecule is NC(=O)C1(OC2OC(CO)C(O)C(O)C2O)C=CC(O)C1. The molecule has 21 heavy (non-hydrogen) atoms. The van der Waals surface area contributed by atoms with Gasteiger partial charge in [-0.1, -0.05) is 6.08 Å². The van der Waals surface area contributed by atoms with Gasteiger partial charge in [0.25, 0.3) is 5.91 Å². The summed E-state index contributed by atoms with van der Waals surface area (Å²) in [5, 5.41) is 47.8. The monoisotopic (exact) mass is 305 g/mol. The van der Waals surface area contributed by atoms with Crippen LogP contribution < -0.4 is 5.73 Å². The lowest BCUT2D eigenvalue weighted by Crippen LogP contribution is -2.61. The average molecular weight is 305 g/mol. The largest absolute Gasteiger partial charge is 0.394 e. The number of carbonyl (C=O) groups is 1. The third-order valence-corrected chi connectivity index (χ3v) is 3.69. The Balaban J connectivity index is 2.17. The number of nitrogens with two attached hydrogens (primary N) is 1. The van der Waals surface area contributed by atoms with Crippen molar-refractivity contribution >= 4 is 5.91 Å². The molecule has 2 rings (SSSR count). The smallest absolute Gasteiger partial charge is 0.253 e. The first-order chi connectivity index (χ1) is 9.80. The van der Waals surface area contributed by atoms with Crippen LogP contribution in [-0.4, -0.2) is 80.5 Å². The standard InChI is InChI=1S/C12H19NO8/c13-11(19)12(2-1-5(15)3-12)21-10-9(18)8(17)7(16)6(4-14)20-10/h1-2,5-10,14-18H,3-4H2,(H2,13,19). The lowest BCUT2D eigenvalue weighted by atomic mass is 9.97. The minimum absolute atomic E-state index is 0.155. The molecular weight excluding hydrogens is 286 g/mol. The zero-order valence-corrected chi connectivity index (χ0v) is 11.1. The second-order valence-electron chi connectivity index (χ2n) is 5.20. The molecule has 1 heterocycles. The van der Waals surface area contributed by atoms with Gasteiger partial charge in [0.1, 0.15) is 24.4 Å². The van der Waals surface area contributed by atoms with Crippen molar-refractivity contribution in [2.75, 3.05) is 6.61 Å². The number of hydrogen-bond donors (Lipinski definition) is 6. The molecule has 1 amide bonds. The Bertz CT molecular complexity index is 427. The van der Waals surface area contributed by atoms with Crippen LogP contribution in [0.1, 0.15) is 6.42 Å². The highest BCUT2D eigenvalue weighted by Gasteiger charge is 2.50. The van der Waals surface area contributed by atoms with Gasteiger partial charge in [-0.2, -0.15) is 0 Å². The summed E-state index contributed by atoms with van der Waals surface area (Å²) in [7, 11) is 0. The van der Waals surface area contributed by atoms with Gasteiger partial charge in [-0.25, -0.2) is 0 Å². The zero-order chi connectivity index (χ0) is 15.8. The van der Waals surface area contributed by atoms with E-state index in [0.29, 0.717) is 0 Å². The third-order valence-electron chi connectivity index (χ3n) is 3.69. The molecule has 7 atom stereocenters. The van der Waals surface area contributed by atoms with Gasteiger partial charge in [-0.3, -0.25) is 4.79 Å². The summed E-state index contributed by atoms with van der Waals surface area (Å²) in [6.45, 7) is -0.618. The summed E-state index contributed by atoms with van der Waals surface area (Å²) in [6, 6.07) is 0. The first kappa shape index (κ1) is 16.3. The Morgan fingerprint density at radius 2 is 1.95 bits per heavy atom. The van der Waals surface area contributed by atoms with Gasteiger partial charge in [0.15, 0.2) is 11.9 Å². The Morgan fingerprint density at radius 3 is 2.43 bits per heavy atom. The number of ether oxygens (including phenoxy) is 2. The molecule has 9 nitrogen and oxygen atoms in total. The fraction of sp³-hybridized carbons (Fsp3) is 0.750. The number of aliphatic hydroxyl groups is 5. The highest BCUT2D eigenvalue weighted by atomic mass is 16.7. The van der Waals surface area contributed by atoms with Crippen molar-refractivity contribution < 1.29 is 39.8 Å². The van der Waals surface area contributed by atoms with Crippen LogP contribution in [0.15, 0.2) is 12.2 Å². The topological polar surface area (TPSA) is 163 Å². The van der Waals surface area contributed by atoms with E-state index in [4.69, 9.17) is 20.3 Å². The van der Waals surface area contributed by atoms with Crippen LogP contribution in [0, 0.1) is 0 Å². The quantitative estimate of drug-likeness (QED) is 0.289. The molecule has 7 N–H and O–H groups in total. The van der Waals surface area contributed by atoms with E-state index in [1.165, 1.54) is 12.2 Å². The summed E-state index contributed by atoms with van der Waals surface area (Å²) in [4.78, 5) is 11.6. The van der Waals surface area contributed by atoms with Crippen LogP contribution in [0.25, 0.3) is 0 Å². The summed E-state index contributed by atoms with van der Waals surface area (Å²) < 4.78 is 10.5. The van der Waals surface area contributed by atoms with Crippen molar-refractivity contribution in [1.82, 2.24) is 0 Å². The lowest BCUT2D eigenvalue weighted by Gasteiger charge is -2.42. The molecule has 1 saturated heterocycles. The molecule has 0 aromatic carbocycles. The molecule has 0 radical (unpaired) electrons. The fourth-order valence-electron chi connectivity index (χ4n) is 2.41. The van der Waals surface area contributed by atoms with Gasteiger partial charge < -0.3 is 40.7 Å². The van der Waals surface area contributed by atoms with E-state index in [0.717, 1.165) is 0 Å². The third kappa shape index (κ3) is 2.94. The average Bonchev–Trinajstić information content (AvgIpc) is 2.82. The van der Waals surface area contributed by atoms with E-state index in [1.807, 2.05) is 0 Å². The van der Waals surface area contributed by atoms with Gasteiger partial charge in [-0.05, 0) is 6.08 Å². The normalized spacial score (nSPS) is 46.7. The molecule has 0 aromatic rings. The molecule has 120 valence electrons. The van der Waals surface area contributed by atoms with Crippen molar-refractivity contribution in [2.24, 2.45) is 5.73 Å². The molecule has 2 aliphatic rings. The Kier molecular flexibility index (Phi) is 4.63. The predicted molar refractivity (Wildman–Crippen MR) is 66.5 cm³/mol. The van der Waals surface area contributed by atoms with Crippen LogP contribution in [0.3, 0.4) is 0 Å². The molecule has 9 heteroatoms. The Hall–Kier alpha value is -1.07. The molecule has 0 aromatic heterocycles. The maximum absolute atomic E-state index is 11.6. The molecule has 1 aliphatic carbocycles. The van der Waals surface area contributed by atoms with E-state index in [9.17, 15) is 25.2 Å². The van der Waals surface area contributed by atoms with Gasteiger partial charge in [0, 0.05) is 6.42 Å². The summed E-state index contributed by atoms with van der Waals surface area (Å²) in [5.41, 5.74) is 3.57. The predicted octanol–water partition coefficient (Wildman–Crippen LogP) is -3.65. The molecule has 7 unspecified atom stereocenters. The second kappa shape index (κ2) is 5.97. The van der Waals surface area contributed by atoms with Crippen LogP contribution in [0.4, 0.5) is 0 Å². The van der Waals surface area contributed by atoms with Crippen molar-refractivity contribution in [3.8, 4) is 0 Å². The number of primary amides is 1. The Labute approximate surface area is 120 Å². The van der Waals surface area contributed by atoms with Crippen molar-refractivity contribution in [1.29, 1.82) is 0 Å². The van der Waals surface area contributed by atoms with Gasteiger partial charge in [-0.15, -0.1) is 0 Å². The van der Waals surface area contributed by atoms with Crippen molar-refractivity contribution in [2.45, 2.75) is 48.8 Å². The van der Waals surface area contributed by atoms with E-state index in [1.54, 1.807) is 0 Å². The second-order valence-corrected chi connectivity index (χ2v) is 5.20. The van der Waals surface area contributed by atoms with E-state index >= 15 is 0 Å². The van der Waals surface area contributed by atoms with E-state index in [-0.39, 0.29) is 6.42 Å². The minimum atomic E-state index is -1.69. The summed E-state index contributed by atoms with van der Waals surface area (Å²) in [6.07, 6.45) is -5.99. The zero-order valence-electron chi connectivity index (χ0n) is 11.1. The number of carbonyl (C=O) groups excluding carboxylic acids is 1. The first-order valence-electron chi connectivity index (χ1n) is 6.46. The van der Waals surface area contributed by atoms with Crippen LogP contribution >= 0.6 is 0 Å². The van der Waals surface area contributed by atoms with Crippen molar-refractivity contribution in [3.05, 3.63) is 12.2 Å². The van der Waals surface area contributed by atoms with E-state index in [2.05, 4.69) is 0 Å². The Morgan fingerprint density at radius 1 is 1.29 bits per heavy atom. The van der Waals surface area contributed by atoms with Crippen LogP contribution in [-0.2, 0) is 14.3 Å². The first-order valence-corrected chi connectivity index (χ1v) is 6.46. The fourth-order valence-corrected chi connectivity index (χ4v) is 2.41. The number of hydrogen-bond acceptors (Lipinski definition) is 8. The number of aliphatic hydroxyl groups excluding tert-OH is 5. The molecule has 1 fully saturated rings. The number of rotatable bonds is 4. The van der Waals surface area contributed by atoms with Gasteiger partial charge in [0.05, 0.1) is 12.7 Å². The maximum atomic E-state index is 11.6. The number of amides is 1. The minimum Gasteiger partial charge on any atom is -0.394 e. The molecule has 0 saturated carbocycles. The molecule has 0 bridgehead atoms. The van der Waals surface area contributed by atoms with Gasteiger partial charge >= 0.3 is 0 Å². The van der Waals surface area contributed by atoms with Gasteiger partial charge in [0.2, 0.25) is 0 Å². The highest BCUT2D eigenvalue weighted by molar-refractivity contribution is 5.86. The van der Waals surface area contributed by atoms with E-state index < -0.39 is 54.9 Å². The maximum Gasteiger partial charge on any atom is 0.253 e.